The van der Waals surface area contributed by atoms with Gasteiger partial charge in [0.15, 0.2) is 0 Å². The molecule has 0 saturated heterocycles. The molecule has 0 heterocycles. The smallest absolute Gasteiger partial charge is 1.00 e. The normalized spacial score (nSPS) is 11.8. The first kappa shape index (κ1) is 22.6. The van der Waals surface area contributed by atoms with E-state index in [0.717, 1.165) is 19.5 Å². The summed E-state index contributed by atoms with van der Waals surface area (Å²) in [6, 6.07) is 0. The molecule has 0 aliphatic carbocycles. The van der Waals surface area contributed by atoms with Gasteiger partial charge in [-0.05, 0) is 40.5 Å². The van der Waals surface area contributed by atoms with Gasteiger partial charge in [0, 0.05) is 19.7 Å². The van der Waals surface area contributed by atoms with E-state index in [0.29, 0.717) is 12.5 Å². The Morgan fingerprint density at radius 1 is 1.06 bits per heavy atom. The zero-order chi connectivity index (χ0) is 12.3. The Morgan fingerprint density at radius 2 is 1.44 bits per heavy atom. The molecule has 1 unspecified atom stereocenters. The van der Waals surface area contributed by atoms with Crippen LogP contribution in [-0.2, 0) is 0 Å². The van der Waals surface area contributed by atoms with Gasteiger partial charge in [-0.2, -0.15) is 0 Å². The number of rotatable bonds is 6. The topological polar surface area (TPSA) is 26.7 Å². The zero-order valence-corrected chi connectivity index (χ0v) is 16.6. The molecular formula is C12H32BaN2O. The molecule has 0 aromatic carbocycles. The van der Waals surface area contributed by atoms with Gasteiger partial charge in [0.2, 0.25) is 0 Å². The van der Waals surface area contributed by atoms with Crippen molar-refractivity contribution < 1.29 is 7.96 Å². The van der Waals surface area contributed by atoms with Crippen LogP contribution in [0.15, 0.2) is 0 Å². The Labute approximate surface area is 146 Å². The number of aliphatic hydroxyl groups excluding tert-OH is 1. The van der Waals surface area contributed by atoms with Crippen molar-refractivity contribution in [3.8, 4) is 0 Å². The molecule has 3 nitrogen and oxygen atoms in total. The summed E-state index contributed by atoms with van der Waals surface area (Å²) in [6.45, 7) is 6.82. The van der Waals surface area contributed by atoms with Gasteiger partial charge in [0.25, 0.3) is 0 Å². The van der Waals surface area contributed by atoms with Crippen LogP contribution in [0, 0.1) is 5.92 Å². The maximum Gasteiger partial charge on any atom is 2.00 e. The van der Waals surface area contributed by atoms with Crippen LogP contribution in [0.25, 0.3) is 0 Å². The van der Waals surface area contributed by atoms with Gasteiger partial charge in [-0.25, -0.2) is 0 Å². The number of likely N-dealkylation sites (N-methyl/N-ethyl adjacent to an activating group) is 2. The summed E-state index contributed by atoms with van der Waals surface area (Å²) in [4.78, 5) is 4.36. The van der Waals surface area contributed by atoms with E-state index in [4.69, 9.17) is 5.11 Å². The van der Waals surface area contributed by atoms with E-state index in [1.807, 2.05) is 0 Å². The van der Waals surface area contributed by atoms with E-state index in [2.05, 4.69) is 51.8 Å². The molecule has 0 aliphatic rings. The first-order chi connectivity index (χ1) is 6.93. The van der Waals surface area contributed by atoms with E-state index in [-0.39, 0.29) is 51.7 Å². The molecule has 0 fully saturated rings. The summed E-state index contributed by atoms with van der Waals surface area (Å²) in [6.07, 6.45) is 2.33. The van der Waals surface area contributed by atoms with Gasteiger partial charge in [0.1, 0.15) is 0 Å². The molecule has 98 valence electrons. The van der Waals surface area contributed by atoms with E-state index < -0.39 is 0 Å². The van der Waals surface area contributed by atoms with Crippen LogP contribution in [0.5, 0.6) is 0 Å². The van der Waals surface area contributed by atoms with Crippen LogP contribution in [-0.4, -0.2) is 112 Å². The van der Waals surface area contributed by atoms with Gasteiger partial charge in [0.05, 0.1) is 0 Å². The fourth-order valence-electron chi connectivity index (χ4n) is 0.984. The van der Waals surface area contributed by atoms with E-state index in [1.165, 1.54) is 6.42 Å². The van der Waals surface area contributed by atoms with Crippen LogP contribution < -0.4 is 0 Å². The summed E-state index contributed by atoms with van der Waals surface area (Å²) in [5.41, 5.74) is 0. The second-order valence-corrected chi connectivity index (χ2v) is 4.68. The molecular weight excluding hydrogens is 325 g/mol. The average molecular weight is 358 g/mol. The van der Waals surface area contributed by atoms with Crippen LogP contribution in [0.3, 0.4) is 0 Å². The molecule has 0 aliphatic heterocycles. The molecule has 0 amide bonds. The molecule has 1 N–H and O–H groups in total. The monoisotopic (exact) mass is 358 g/mol. The third-order valence-corrected chi connectivity index (χ3v) is 2.09. The predicted molar refractivity (Wildman–Crippen MR) is 76.2 cm³/mol. The zero-order valence-electron chi connectivity index (χ0n) is 14.2. The minimum absolute atomic E-state index is 0. The van der Waals surface area contributed by atoms with Crippen LogP contribution in [0.4, 0.5) is 0 Å². The Balaban J connectivity index is -0.0000000540. The summed E-state index contributed by atoms with van der Waals surface area (Å²) in [7, 11) is 8.35. The van der Waals surface area contributed by atoms with Crippen LogP contribution in [0.1, 0.15) is 29.5 Å². The molecule has 0 saturated carbocycles. The number of hydrogen-bond donors (Lipinski definition) is 1. The first-order valence-corrected chi connectivity index (χ1v) is 5.84. The summed E-state index contributed by atoms with van der Waals surface area (Å²) in [5, 5.41) is 8.47. The van der Waals surface area contributed by atoms with Crippen molar-refractivity contribution in [2.45, 2.75) is 26.7 Å². The van der Waals surface area contributed by atoms with Crippen molar-refractivity contribution in [1.29, 1.82) is 0 Å². The molecule has 0 aromatic heterocycles. The minimum Gasteiger partial charge on any atom is -1.00 e. The van der Waals surface area contributed by atoms with E-state index in [1.54, 1.807) is 0 Å². The van der Waals surface area contributed by atoms with Gasteiger partial charge >= 0.3 is 48.9 Å². The third-order valence-electron chi connectivity index (χ3n) is 2.09. The predicted octanol–water partition coefficient (Wildman–Crippen LogP) is 1.37. The molecule has 0 bridgehead atoms. The molecule has 0 radical (unpaired) electrons. The maximum atomic E-state index is 8.47. The van der Waals surface area contributed by atoms with Gasteiger partial charge in [-0.1, -0.05) is 20.3 Å². The minimum atomic E-state index is 0. The standard InChI is InChI=1S/C6H16N2.C6H14O.Ba.2H/c1-7(2)5-6-8(3)4;1-3-4-6(2)5-7;;;/h5-6H2,1-4H3;6-7H,3-5H2,1-2H3;;;/q;;+2;2*-1. The second-order valence-electron chi connectivity index (χ2n) is 4.68. The fourth-order valence-corrected chi connectivity index (χ4v) is 0.984. The van der Waals surface area contributed by atoms with Crippen molar-refractivity contribution in [1.82, 2.24) is 9.80 Å². The second kappa shape index (κ2) is 16.5. The van der Waals surface area contributed by atoms with Crippen molar-refractivity contribution in [2.75, 3.05) is 47.9 Å². The average Bonchev–Trinajstić information content (AvgIpc) is 2.16. The Kier molecular flexibility index (Phi) is 23.3. The van der Waals surface area contributed by atoms with Crippen molar-refractivity contribution >= 4 is 48.9 Å². The Morgan fingerprint density at radius 3 is 1.56 bits per heavy atom. The van der Waals surface area contributed by atoms with Crippen LogP contribution in [0.2, 0.25) is 0 Å². The molecule has 0 spiro atoms. The summed E-state index contributed by atoms with van der Waals surface area (Å²) in [5.74, 6) is 0.505. The number of nitrogens with zero attached hydrogens (tertiary/aromatic N) is 2. The molecule has 16 heavy (non-hydrogen) atoms. The molecule has 0 rings (SSSR count). The van der Waals surface area contributed by atoms with E-state index in [9.17, 15) is 0 Å². The molecule has 1 atom stereocenters. The SMILES string of the molecule is CCCC(C)CO.CN(C)CCN(C)C.[Ba+2].[H-].[H-]. The first-order valence-electron chi connectivity index (χ1n) is 5.84. The van der Waals surface area contributed by atoms with Gasteiger partial charge in [-0.15, -0.1) is 0 Å². The van der Waals surface area contributed by atoms with Crippen molar-refractivity contribution in [3.05, 3.63) is 0 Å². The van der Waals surface area contributed by atoms with Crippen molar-refractivity contribution in [3.63, 3.8) is 0 Å². The maximum absolute atomic E-state index is 8.47. The summed E-state index contributed by atoms with van der Waals surface area (Å²) < 4.78 is 0. The van der Waals surface area contributed by atoms with Crippen LogP contribution >= 0.6 is 0 Å². The largest absolute Gasteiger partial charge is 2.00 e. The quantitative estimate of drug-likeness (QED) is 0.727. The number of hydrogen-bond acceptors (Lipinski definition) is 3. The number of aliphatic hydroxyl groups is 1. The molecule has 0 aromatic rings. The molecule has 4 heteroatoms. The Bertz CT molecular complexity index is 123. The van der Waals surface area contributed by atoms with Crippen molar-refractivity contribution in [2.24, 2.45) is 5.92 Å². The Hall–Kier alpha value is 1.45. The third kappa shape index (κ3) is 24.6. The van der Waals surface area contributed by atoms with Gasteiger partial charge in [-0.3, -0.25) is 0 Å². The van der Waals surface area contributed by atoms with Gasteiger partial charge < -0.3 is 17.8 Å². The van der Waals surface area contributed by atoms with E-state index >= 15 is 0 Å². The summed E-state index contributed by atoms with van der Waals surface area (Å²) >= 11 is 0. The fraction of sp³-hybridized carbons (Fsp3) is 1.00.